The quantitative estimate of drug-likeness (QED) is 0.311. The first-order valence-corrected chi connectivity index (χ1v) is 10.4. The molecule has 0 saturated heterocycles. The Labute approximate surface area is 176 Å². The summed E-state index contributed by atoms with van der Waals surface area (Å²) in [6, 6.07) is 24.4. The average Bonchev–Trinajstić information content (AvgIpc) is 2.66. The van der Waals surface area contributed by atoms with E-state index < -0.39 is 0 Å². The Morgan fingerprint density at radius 3 is 1.62 bits per heavy atom. The van der Waals surface area contributed by atoms with Crippen LogP contribution in [-0.4, -0.2) is 0 Å². The van der Waals surface area contributed by atoms with Gasteiger partial charge in [-0.2, -0.15) is 0 Å². The smallest absolute Gasteiger partial charge is 0.0154 e. The van der Waals surface area contributed by atoms with Crippen LogP contribution in [0.15, 0.2) is 66.7 Å². The third kappa shape index (κ3) is 4.95. The molecule has 0 N–H and O–H groups in total. The lowest BCUT2D eigenvalue weighted by atomic mass is 9.96. The Hall–Kier alpha value is -2.86. The first-order valence-electron chi connectivity index (χ1n) is 10.4. The van der Waals surface area contributed by atoms with Crippen molar-refractivity contribution in [1.29, 1.82) is 0 Å². The molecule has 0 saturated carbocycles. The van der Waals surface area contributed by atoms with Crippen LogP contribution in [0.3, 0.4) is 0 Å². The average molecular weight is 381 g/mol. The second-order valence-corrected chi connectivity index (χ2v) is 8.40. The van der Waals surface area contributed by atoms with E-state index in [-0.39, 0.29) is 0 Å². The lowest BCUT2D eigenvalue weighted by molar-refractivity contribution is 1.33. The van der Waals surface area contributed by atoms with E-state index in [1.54, 1.807) is 0 Å². The van der Waals surface area contributed by atoms with E-state index in [1.807, 2.05) is 0 Å². The summed E-state index contributed by atoms with van der Waals surface area (Å²) in [6.07, 6.45) is 0. The molecule has 4 rings (SSSR count). The summed E-state index contributed by atoms with van der Waals surface area (Å²) in [5, 5.41) is 2.69. The van der Waals surface area contributed by atoms with Crippen LogP contribution in [0, 0.1) is 48.5 Å². The lowest BCUT2D eigenvalue weighted by Gasteiger charge is -2.09. The van der Waals surface area contributed by atoms with Crippen molar-refractivity contribution in [2.24, 2.45) is 0 Å². The monoisotopic (exact) mass is 380 g/mol. The zero-order valence-electron chi connectivity index (χ0n) is 18.9. The standard InChI is InChI=1S/C16H18.C13H14/c1-11-5-8-16(14(4)9-11)15-7-6-12(2)13(3)10-15;1-9-4-5-12-7-10(2)11(3)8-13(12)6-9/h5-10H,1-4H3;4-8H,1-3H3. The van der Waals surface area contributed by atoms with Gasteiger partial charge in [0.2, 0.25) is 0 Å². The number of hydrogen-bond acceptors (Lipinski definition) is 0. The molecule has 0 aromatic heterocycles. The van der Waals surface area contributed by atoms with E-state index in [0.717, 1.165) is 0 Å². The molecule has 0 heterocycles. The van der Waals surface area contributed by atoms with Gasteiger partial charge in [0.05, 0.1) is 0 Å². The Balaban J connectivity index is 0.000000169. The van der Waals surface area contributed by atoms with Crippen molar-refractivity contribution in [3.63, 3.8) is 0 Å². The van der Waals surface area contributed by atoms with Crippen molar-refractivity contribution in [3.8, 4) is 11.1 Å². The maximum atomic E-state index is 2.27. The normalized spacial score (nSPS) is 10.6. The SMILES string of the molecule is Cc1ccc(-c2ccc(C)c(C)c2)c(C)c1.Cc1ccc2cc(C)c(C)cc2c1. The molecule has 0 nitrogen and oxygen atoms in total. The fraction of sp³-hybridized carbons (Fsp3) is 0.241. The summed E-state index contributed by atoms with van der Waals surface area (Å²) in [6.45, 7) is 15.1. The molecule has 4 aromatic carbocycles. The van der Waals surface area contributed by atoms with Gasteiger partial charge in [-0.1, -0.05) is 77.9 Å². The molecule has 0 heteroatoms. The molecular formula is C29H32. The molecule has 0 aliphatic heterocycles. The van der Waals surface area contributed by atoms with E-state index in [4.69, 9.17) is 0 Å². The van der Waals surface area contributed by atoms with Gasteiger partial charge in [0.25, 0.3) is 0 Å². The Bertz CT molecular complexity index is 1160. The van der Waals surface area contributed by atoms with E-state index in [1.165, 1.54) is 60.8 Å². The molecule has 148 valence electrons. The number of hydrogen-bond donors (Lipinski definition) is 0. The van der Waals surface area contributed by atoms with Gasteiger partial charge < -0.3 is 0 Å². The molecular weight excluding hydrogens is 348 g/mol. The van der Waals surface area contributed by atoms with E-state index in [0.29, 0.717) is 0 Å². The van der Waals surface area contributed by atoms with Gasteiger partial charge in [-0.15, -0.1) is 0 Å². The lowest BCUT2D eigenvalue weighted by Crippen LogP contribution is -1.87. The van der Waals surface area contributed by atoms with Crippen LogP contribution in [0.5, 0.6) is 0 Å². The van der Waals surface area contributed by atoms with Crippen molar-refractivity contribution in [3.05, 3.63) is 106 Å². The van der Waals surface area contributed by atoms with Crippen molar-refractivity contribution in [1.82, 2.24) is 0 Å². The predicted molar refractivity (Wildman–Crippen MR) is 129 cm³/mol. The number of aryl methyl sites for hydroxylation is 7. The largest absolute Gasteiger partial charge is 0.0587 e. The molecule has 0 bridgehead atoms. The van der Waals surface area contributed by atoms with E-state index >= 15 is 0 Å². The van der Waals surface area contributed by atoms with Crippen molar-refractivity contribution in [2.75, 3.05) is 0 Å². The van der Waals surface area contributed by atoms with Crippen molar-refractivity contribution in [2.45, 2.75) is 48.5 Å². The molecule has 0 atom stereocenters. The molecule has 0 aliphatic carbocycles. The first kappa shape index (κ1) is 20.9. The minimum absolute atomic E-state index is 1.32. The molecule has 0 aliphatic rings. The van der Waals surface area contributed by atoms with Crippen LogP contribution in [0.1, 0.15) is 38.9 Å². The predicted octanol–water partition coefficient (Wildman–Crippen LogP) is 8.35. The summed E-state index contributed by atoms with van der Waals surface area (Å²) < 4.78 is 0. The van der Waals surface area contributed by atoms with Crippen molar-refractivity contribution >= 4 is 10.8 Å². The third-order valence-corrected chi connectivity index (χ3v) is 5.81. The molecule has 0 fully saturated rings. The number of fused-ring (bicyclic) bond motifs is 1. The van der Waals surface area contributed by atoms with Gasteiger partial charge >= 0.3 is 0 Å². The fourth-order valence-electron chi connectivity index (χ4n) is 3.69. The number of rotatable bonds is 1. The summed E-state index contributed by atoms with van der Waals surface area (Å²) in [5.41, 5.74) is 12.1. The minimum atomic E-state index is 1.32. The Morgan fingerprint density at radius 2 is 0.966 bits per heavy atom. The van der Waals surface area contributed by atoms with Gasteiger partial charge in [-0.25, -0.2) is 0 Å². The zero-order valence-corrected chi connectivity index (χ0v) is 18.9. The highest BCUT2D eigenvalue weighted by molar-refractivity contribution is 5.84. The van der Waals surface area contributed by atoms with Gasteiger partial charge in [-0.05, 0) is 98.2 Å². The van der Waals surface area contributed by atoms with Crippen LogP contribution in [0.2, 0.25) is 0 Å². The second-order valence-electron chi connectivity index (χ2n) is 8.40. The highest BCUT2D eigenvalue weighted by Crippen LogP contribution is 2.26. The first-order chi connectivity index (χ1) is 13.7. The highest BCUT2D eigenvalue weighted by Gasteiger charge is 2.03. The molecule has 0 unspecified atom stereocenters. The fourth-order valence-corrected chi connectivity index (χ4v) is 3.69. The summed E-state index contributed by atoms with van der Waals surface area (Å²) in [4.78, 5) is 0. The molecule has 0 radical (unpaired) electrons. The molecule has 0 spiro atoms. The summed E-state index contributed by atoms with van der Waals surface area (Å²) in [5.74, 6) is 0. The van der Waals surface area contributed by atoms with Crippen molar-refractivity contribution < 1.29 is 0 Å². The van der Waals surface area contributed by atoms with Crippen LogP contribution < -0.4 is 0 Å². The van der Waals surface area contributed by atoms with E-state index in [9.17, 15) is 0 Å². The van der Waals surface area contributed by atoms with Gasteiger partial charge in [0.15, 0.2) is 0 Å². The van der Waals surface area contributed by atoms with Crippen LogP contribution in [0.4, 0.5) is 0 Å². The maximum Gasteiger partial charge on any atom is -0.0154 e. The molecule has 0 amide bonds. The van der Waals surface area contributed by atoms with Gasteiger partial charge in [0, 0.05) is 0 Å². The maximum absolute atomic E-state index is 2.27. The van der Waals surface area contributed by atoms with Crippen LogP contribution >= 0.6 is 0 Å². The minimum Gasteiger partial charge on any atom is -0.0587 e. The van der Waals surface area contributed by atoms with E-state index in [2.05, 4.69) is 115 Å². The van der Waals surface area contributed by atoms with Crippen LogP contribution in [-0.2, 0) is 0 Å². The highest BCUT2D eigenvalue weighted by atomic mass is 14.1. The summed E-state index contributed by atoms with van der Waals surface area (Å²) in [7, 11) is 0. The van der Waals surface area contributed by atoms with Crippen LogP contribution in [0.25, 0.3) is 21.9 Å². The Morgan fingerprint density at radius 1 is 0.379 bits per heavy atom. The number of benzene rings is 4. The Kier molecular flexibility index (Phi) is 6.23. The van der Waals surface area contributed by atoms with Gasteiger partial charge in [0.1, 0.15) is 0 Å². The molecule has 29 heavy (non-hydrogen) atoms. The second kappa shape index (κ2) is 8.66. The summed E-state index contributed by atoms with van der Waals surface area (Å²) >= 11 is 0. The topological polar surface area (TPSA) is 0 Å². The third-order valence-electron chi connectivity index (χ3n) is 5.81. The van der Waals surface area contributed by atoms with Gasteiger partial charge in [-0.3, -0.25) is 0 Å². The zero-order chi connectivity index (χ0) is 21.1. The molecule has 4 aromatic rings.